The van der Waals surface area contributed by atoms with E-state index in [1.54, 1.807) is 31.5 Å². The van der Waals surface area contributed by atoms with Gasteiger partial charge in [0.25, 0.3) is 5.91 Å². The van der Waals surface area contributed by atoms with Crippen molar-refractivity contribution in [3.63, 3.8) is 0 Å². The molecule has 22 heavy (non-hydrogen) atoms. The number of pyridine rings is 1. The van der Waals surface area contributed by atoms with Crippen LogP contribution in [0.1, 0.15) is 33.3 Å². The molecule has 0 bridgehead atoms. The minimum absolute atomic E-state index is 0.0990. The Hall–Kier alpha value is -2.36. The first kappa shape index (κ1) is 16.0. The van der Waals surface area contributed by atoms with Crippen molar-refractivity contribution in [2.45, 2.75) is 39.2 Å². The summed E-state index contributed by atoms with van der Waals surface area (Å²) in [5, 5.41) is 2.77. The summed E-state index contributed by atoms with van der Waals surface area (Å²) in [6.07, 6.45) is 2.68. The highest BCUT2D eigenvalue weighted by molar-refractivity contribution is 5.93. The second-order valence-electron chi connectivity index (χ2n) is 6.27. The molecule has 0 saturated heterocycles. The summed E-state index contributed by atoms with van der Waals surface area (Å²) < 4.78 is 5.68. The lowest BCUT2D eigenvalue weighted by Crippen LogP contribution is -2.30. The number of nitrogens with one attached hydrogen (secondary N) is 1. The SMILES string of the molecule is CC(Oc1ccc(C(C)(C)C)cc1)C(=O)Nc1cccnc1. The van der Waals surface area contributed by atoms with Gasteiger partial charge in [0.05, 0.1) is 11.9 Å². The molecule has 1 aromatic heterocycles. The quantitative estimate of drug-likeness (QED) is 0.934. The van der Waals surface area contributed by atoms with Crippen LogP contribution >= 0.6 is 0 Å². The third kappa shape index (κ3) is 4.32. The van der Waals surface area contributed by atoms with Crippen LogP contribution in [0.15, 0.2) is 48.8 Å². The fourth-order valence-electron chi connectivity index (χ4n) is 1.97. The van der Waals surface area contributed by atoms with E-state index in [9.17, 15) is 4.79 Å². The fraction of sp³-hybridized carbons (Fsp3) is 0.333. The molecule has 0 saturated carbocycles. The monoisotopic (exact) mass is 298 g/mol. The van der Waals surface area contributed by atoms with E-state index >= 15 is 0 Å². The molecule has 1 heterocycles. The van der Waals surface area contributed by atoms with Crippen LogP contribution in [-0.4, -0.2) is 17.0 Å². The van der Waals surface area contributed by atoms with Crippen LogP contribution in [0, 0.1) is 0 Å². The third-order valence-corrected chi connectivity index (χ3v) is 3.33. The van der Waals surface area contributed by atoms with E-state index in [-0.39, 0.29) is 11.3 Å². The predicted octanol–water partition coefficient (Wildman–Crippen LogP) is 3.79. The first-order valence-corrected chi connectivity index (χ1v) is 7.34. The summed E-state index contributed by atoms with van der Waals surface area (Å²) in [5.41, 5.74) is 1.99. The Morgan fingerprint density at radius 2 is 1.86 bits per heavy atom. The lowest BCUT2D eigenvalue weighted by atomic mass is 9.87. The molecule has 1 atom stereocenters. The van der Waals surface area contributed by atoms with Gasteiger partial charge in [-0.2, -0.15) is 0 Å². The summed E-state index contributed by atoms with van der Waals surface area (Å²) in [6.45, 7) is 8.20. The molecule has 4 heteroatoms. The number of carbonyl (C=O) groups is 1. The molecule has 0 aliphatic carbocycles. The van der Waals surface area contributed by atoms with Crippen molar-refractivity contribution in [3.05, 3.63) is 54.4 Å². The summed E-state index contributed by atoms with van der Waals surface area (Å²) in [6, 6.07) is 11.4. The zero-order valence-electron chi connectivity index (χ0n) is 13.5. The van der Waals surface area contributed by atoms with Crippen molar-refractivity contribution in [3.8, 4) is 5.75 Å². The van der Waals surface area contributed by atoms with Crippen molar-refractivity contribution in [2.75, 3.05) is 5.32 Å². The average Bonchev–Trinajstić information content (AvgIpc) is 2.48. The number of nitrogens with zero attached hydrogens (tertiary/aromatic N) is 1. The van der Waals surface area contributed by atoms with Gasteiger partial charge in [-0.05, 0) is 42.2 Å². The number of benzene rings is 1. The number of rotatable bonds is 4. The molecule has 4 nitrogen and oxygen atoms in total. The van der Waals surface area contributed by atoms with E-state index < -0.39 is 6.10 Å². The Morgan fingerprint density at radius 3 is 2.41 bits per heavy atom. The number of hydrogen-bond donors (Lipinski definition) is 1. The first-order valence-electron chi connectivity index (χ1n) is 7.34. The van der Waals surface area contributed by atoms with Gasteiger partial charge >= 0.3 is 0 Å². The van der Waals surface area contributed by atoms with Crippen LogP contribution in [-0.2, 0) is 10.2 Å². The van der Waals surface area contributed by atoms with E-state index in [2.05, 4.69) is 31.1 Å². The molecule has 1 amide bonds. The minimum Gasteiger partial charge on any atom is -0.481 e. The van der Waals surface area contributed by atoms with E-state index in [1.807, 2.05) is 24.3 Å². The molecule has 0 aliphatic rings. The highest BCUT2D eigenvalue weighted by Gasteiger charge is 2.16. The molecule has 1 aromatic carbocycles. The maximum absolute atomic E-state index is 12.1. The van der Waals surface area contributed by atoms with Gasteiger partial charge in [0.1, 0.15) is 5.75 Å². The van der Waals surface area contributed by atoms with Gasteiger partial charge in [0, 0.05) is 6.20 Å². The molecular weight excluding hydrogens is 276 g/mol. The Balaban J connectivity index is 1.96. The van der Waals surface area contributed by atoms with Crippen LogP contribution in [0.5, 0.6) is 5.75 Å². The van der Waals surface area contributed by atoms with E-state index in [4.69, 9.17) is 4.74 Å². The number of hydrogen-bond acceptors (Lipinski definition) is 3. The van der Waals surface area contributed by atoms with Gasteiger partial charge in [0.2, 0.25) is 0 Å². The molecule has 116 valence electrons. The second kappa shape index (κ2) is 6.60. The van der Waals surface area contributed by atoms with E-state index in [0.717, 1.165) is 0 Å². The Bertz CT molecular complexity index is 616. The Labute approximate surface area is 131 Å². The van der Waals surface area contributed by atoms with Crippen molar-refractivity contribution >= 4 is 11.6 Å². The summed E-state index contributed by atoms with van der Waals surface area (Å²) in [7, 11) is 0. The zero-order valence-corrected chi connectivity index (χ0v) is 13.5. The Morgan fingerprint density at radius 1 is 1.18 bits per heavy atom. The molecule has 0 spiro atoms. The number of ether oxygens (including phenoxy) is 1. The molecule has 0 aliphatic heterocycles. The molecule has 0 fully saturated rings. The normalized spacial score (nSPS) is 12.5. The number of aromatic nitrogens is 1. The summed E-state index contributed by atoms with van der Waals surface area (Å²) >= 11 is 0. The van der Waals surface area contributed by atoms with Gasteiger partial charge in [-0.15, -0.1) is 0 Å². The van der Waals surface area contributed by atoms with Crippen LogP contribution in [0.2, 0.25) is 0 Å². The number of anilines is 1. The lowest BCUT2D eigenvalue weighted by Gasteiger charge is -2.20. The smallest absolute Gasteiger partial charge is 0.265 e. The van der Waals surface area contributed by atoms with Crippen molar-refractivity contribution in [1.29, 1.82) is 0 Å². The number of amides is 1. The second-order valence-corrected chi connectivity index (χ2v) is 6.27. The van der Waals surface area contributed by atoms with Crippen molar-refractivity contribution in [2.24, 2.45) is 0 Å². The molecule has 2 rings (SSSR count). The fourth-order valence-corrected chi connectivity index (χ4v) is 1.97. The molecule has 2 aromatic rings. The number of carbonyl (C=O) groups excluding carboxylic acids is 1. The average molecular weight is 298 g/mol. The molecule has 0 radical (unpaired) electrons. The van der Waals surface area contributed by atoms with Gasteiger partial charge in [-0.1, -0.05) is 32.9 Å². The van der Waals surface area contributed by atoms with Crippen LogP contribution in [0.25, 0.3) is 0 Å². The third-order valence-electron chi connectivity index (χ3n) is 3.33. The van der Waals surface area contributed by atoms with Crippen molar-refractivity contribution < 1.29 is 9.53 Å². The lowest BCUT2D eigenvalue weighted by molar-refractivity contribution is -0.122. The van der Waals surface area contributed by atoms with Gasteiger partial charge in [-0.3, -0.25) is 9.78 Å². The first-order chi connectivity index (χ1) is 10.4. The summed E-state index contributed by atoms with van der Waals surface area (Å²) in [4.78, 5) is 16.0. The highest BCUT2D eigenvalue weighted by atomic mass is 16.5. The summed E-state index contributed by atoms with van der Waals surface area (Å²) in [5.74, 6) is 0.481. The molecule has 1 unspecified atom stereocenters. The maximum atomic E-state index is 12.1. The highest BCUT2D eigenvalue weighted by Crippen LogP contribution is 2.24. The largest absolute Gasteiger partial charge is 0.481 e. The van der Waals surface area contributed by atoms with Crippen LogP contribution in [0.3, 0.4) is 0 Å². The standard InChI is InChI=1S/C18H22N2O2/c1-13(17(21)20-15-6-5-11-19-12-15)22-16-9-7-14(8-10-16)18(2,3)4/h5-13H,1-4H3,(H,20,21). The van der Waals surface area contributed by atoms with Crippen molar-refractivity contribution in [1.82, 2.24) is 4.98 Å². The maximum Gasteiger partial charge on any atom is 0.265 e. The Kier molecular flexibility index (Phi) is 4.81. The van der Waals surface area contributed by atoms with Gasteiger partial charge in [-0.25, -0.2) is 0 Å². The minimum atomic E-state index is -0.583. The van der Waals surface area contributed by atoms with Gasteiger partial charge < -0.3 is 10.1 Å². The van der Waals surface area contributed by atoms with E-state index in [1.165, 1.54) is 5.56 Å². The molecular formula is C18H22N2O2. The van der Waals surface area contributed by atoms with Crippen LogP contribution in [0.4, 0.5) is 5.69 Å². The van der Waals surface area contributed by atoms with Gasteiger partial charge in [0.15, 0.2) is 6.10 Å². The van der Waals surface area contributed by atoms with E-state index in [0.29, 0.717) is 11.4 Å². The predicted molar refractivity (Wildman–Crippen MR) is 88.1 cm³/mol. The van der Waals surface area contributed by atoms with Crippen LogP contribution < -0.4 is 10.1 Å². The topological polar surface area (TPSA) is 51.2 Å². The zero-order chi connectivity index (χ0) is 16.2. The molecule has 1 N–H and O–H groups in total.